The first-order chi connectivity index (χ1) is 8.76. The lowest BCUT2D eigenvalue weighted by Gasteiger charge is -2.25. The molecule has 5 heteroatoms. The summed E-state index contributed by atoms with van der Waals surface area (Å²) in [5, 5.41) is 13.1. The molecule has 0 heterocycles. The molecule has 0 saturated heterocycles. The van der Waals surface area contributed by atoms with Gasteiger partial charge in [0.2, 0.25) is 5.91 Å². The number of likely N-dealkylation sites (N-methyl/N-ethyl adjacent to an activating group) is 1. The summed E-state index contributed by atoms with van der Waals surface area (Å²) >= 11 is 5.77. The minimum absolute atomic E-state index is 0.0510. The van der Waals surface area contributed by atoms with Crippen molar-refractivity contribution in [1.82, 2.24) is 4.90 Å². The van der Waals surface area contributed by atoms with Crippen molar-refractivity contribution in [2.24, 2.45) is 0 Å². The van der Waals surface area contributed by atoms with Gasteiger partial charge in [-0.05, 0) is 45.2 Å². The number of nitrogens with zero attached hydrogens (tertiary/aromatic N) is 1. The van der Waals surface area contributed by atoms with Gasteiger partial charge in [-0.2, -0.15) is 0 Å². The van der Waals surface area contributed by atoms with Crippen molar-refractivity contribution in [3.8, 4) is 0 Å². The van der Waals surface area contributed by atoms with Crippen molar-refractivity contribution in [2.75, 3.05) is 25.5 Å². The van der Waals surface area contributed by atoms with Gasteiger partial charge in [-0.15, -0.1) is 0 Å². The van der Waals surface area contributed by atoms with Crippen LogP contribution in [0.1, 0.15) is 20.3 Å². The Kier molecular flexibility index (Phi) is 5.79. The van der Waals surface area contributed by atoms with Crippen LogP contribution in [0.15, 0.2) is 24.3 Å². The van der Waals surface area contributed by atoms with E-state index in [2.05, 4.69) is 5.32 Å². The standard InChI is InChI=1S/C14H21ClN2O2/c1-14(2,19)10-17(3)9-8-13(18)16-12-6-4-11(15)5-7-12/h4-7,19H,8-10H2,1-3H3,(H,16,18). The largest absolute Gasteiger partial charge is 0.389 e. The fraction of sp³-hybridized carbons (Fsp3) is 0.500. The molecule has 0 aromatic heterocycles. The van der Waals surface area contributed by atoms with Crippen molar-refractivity contribution in [3.63, 3.8) is 0 Å². The van der Waals surface area contributed by atoms with Gasteiger partial charge in [-0.3, -0.25) is 4.79 Å². The van der Waals surface area contributed by atoms with Crippen LogP contribution < -0.4 is 5.32 Å². The average Bonchev–Trinajstić information content (AvgIpc) is 2.27. The third-order valence-corrected chi connectivity index (χ3v) is 2.76. The molecular formula is C14H21ClN2O2. The van der Waals surface area contributed by atoms with E-state index in [1.54, 1.807) is 38.1 Å². The molecule has 1 aromatic rings. The van der Waals surface area contributed by atoms with E-state index < -0.39 is 5.60 Å². The van der Waals surface area contributed by atoms with Crippen LogP contribution in [-0.2, 0) is 4.79 Å². The number of hydrogen-bond acceptors (Lipinski definition) is 3. The second kappa shape index (κ2) is 6.89. The molecule has 0 aliphatic rings. The molecule has 19 heavy (non-hydrogen) atoms. The van der Waals surface area contributed by atoms with Crippen LogP contribution in [0.5, 0.6) is 0 Å². The Bertz CT molecular complexity index is 412. The Hall–Kier alpha value is -1.10. The maximum Gasteiger partial charge on any atom is 0.225 e. The molecule has 1 amide bonds. The topological polar surface area (TPSA) is 52.6 Å². The van der Waals surface area contributed by atoms with E-state index in [0.717, 1.165) is 5.69 Å². The van der Waals surface area contributed by atoms with Gasteiger partial charge in [-0.25, -0.2) is 0 Å². The molecule has 0 radical (unpaired) electrons. The Morgan fingerprint density at radius 3 is 2.47 bits per heavy atom. The maximum absolute atomic E-state index is 11.7. The zero-order chi connectivity index (χ0) is 14.5. The summed E-state index contributed by atoms with van der Waals surface area (Å²) in [5.41, 5.74) is -0.0129. The van der Waals surface area contributed by atoms with E-state index >= 15 is 0 Å². The SMILES string of the molecule is CN(CCC(=O)Nc1ccc(Cl)cc1)CC(C)(C)O. The number of carbonyl (C=O) groups is 1. The number of aliphatic hydroxyl groups is 1. The zero-order valence-electron chi connectivity index (χ0n) is 11.6. The molecular weight excluding hydrogens is 264 g/mol. The lowest BCUT2D eigenvalue weighted by atomic mass is 10.1. The van der Waals surface area contributed by atoms with E-state index in [1.807, 2.05) is 11.9 Å². The summed E-state index contributed by atoms with van der Waals surface area (Å²) < 4.78 is 0. The molecule has 2 N–H and O–H groups in total. The van der Waals surface area contributed by atoms with Gasteiger partial charge in [0, 0.05) is 30.2 Å². The van der Waals surface area contributed by atoms with Crippen LogP contribution in [-0.4, -0.2) is 41.7 Å². The van der Waals surface area contributed by atoms with Gasteiger partial charge in [0.15, 0.2) is 0 Å². The first-order valence-corrected chi connectivity index (χ1v) is 6.60. The number of amides is 1. The van der Waals surface area contributed by atoms with Crippen LogP contribution in [0.25, 0.3) is 0 Å². The fourth-order valence-corrected chi connectivity index (χ4v) is 1.91. The van der Waals surface area contributed by atoms with Crippen molar-refractivity contribution in [3.05, 3.63) is 29.3 Å². The van der Waals surface area contributed by atoms with Gasteiger partial charge >= 0.3 is 0 Å². The first-order valence-electron chi connectivity index (χ1n) is 6.22. The molecule has 0 spiro atoms. The Morgan fingerprint density at radius 1 is 1.37 bits per heavy atom. The summed E-state index contributed by atoms with van der Waals surface area (Å²) in [6.45, 7) is 4.62. The third-order valence-electron chi connectivity index (χ3n) is 2.51. The Morgan fingerprint density at radius 2 is 1.95 bits per heavy atom. The number of rotatable bonds is 6. The molecule has 0 bridgehead atoms. The van der Waals surface area contributed by atoms with Crippen molar-refractivity contribution >= 4 is 23.2 Å². The molecule has 1 aromatic carbocycles. The minimum atomic E-state index is -0.749. The Labute approximate surface area is 119 Å². The highest BCUT2D eigenvalue weighted by atomic mass is 35.5. The summed E-state index contributed by atoms with van der Waals surface area (Å²) in [6, 6.07) is 7.00. The smallest absolute Gasteiger partial charge is 0.225 e. The van der Waals surface area contributed by atoms with Crippen LogP contribution in [0.2, 0.25) is 5.02 Å². The third kappa shape index (κ3) is 7.15. The number of nitrogens with one attached hydrogen (secondary N) is 1. The highest BCUT2D eigenvalue weighted by Crippen LogP contribution is 2.13. The molecule has 106 valence electrons. The van der Waals surface area contributed by atoms with Crippen molar-refractivity contribution < 1.29 is 9.90 Å². The van der Waals surface area contributed by atoms with Crippen molar-refractivity contribution in [1.29, 1.82) is 0 Å². The molecule has 0 aliphatic heterocycles. The second-order valence-electron chi connectivity index (χ2n) is 5.36. The van der Waals surface area contributed by atoms with Gasteiger partial charge in [0.05, 0.1) is 5.60 Å². The fourth-order valence-electron chi connectivity index (χ4n) is 1.79. The summed E-state index contributed by atoms with van der Waals surface area (Å²) in [6.07, 6.45) is 0.384. The van der Waals surface area contributed by atoms with E-state index in [1.165, 1.54) is 0 Å². The lowest BCUT2D eigenvalue weighted by Crippen LogP contribution is -2.37. The molecule has 4 nitrogen and oxygen atoms in total. The van der Waals surface area contributed by atoms with E-state index in [4.69, 9.17) is 11.6 Å². The van der Waals surface area contributed by atoms with Crippen LogP contribution >= 0.6 is 11.6 Å². The van der Waals surface area contributed by atoms with Crippen molar-refractivity contribution in [2.45, 2.75) is 25.9 Å². The van der Waals surface area contributed by atoms with Crippen LogP contribution in [0, 0.1) is 0 Å². The Balaban J connectivity index is 2.34. The lowest BCUT2D eigenvalue weighted by molar-refractivity contribution is -0.116. The van der Waals surface area contributed by atoms with Crippen LogP contribution in [0.3, 0.4) is 0 Å². The van der Waals surface area contributed by atoms with Crippen LogP contribution in [0.4, 0.5) is 5.69 Å². The second-order valence-corrected chi connectivity index (χ2v) is 5.79. The van der Waals surface area contributed by atoms with E-state index in [-0.39, 0.29) is 5.91 Å². The molecule has 0 unspecified atom stereocenters. The number of benzene rings is 1. The van der Waals surface area contributed by atoms with Gasteiger partial charge in [0.1, 0.15) is 0 Å². The normalized spacial score (nSPS) is 11.7. The molecule has 0 atom stereocenters. The molecule has 0 aliphatic carbocycles. The molecule has 0 saturated carbocycles. The van der Waals surface area contributed by atoms with E-state index in [0.29, 0.717) is 24.5 Å². The number of carbonyl (C=O) groups excluding carboxylic acids is 1. The maximum atomic E-state index is 11.7. The average molecular weight is 285 g/mol. The summed E-state index contributed by atoms with van der Waals surface area (Å²) in [5.74, 6) is -0.0510. The monoisotopic (exact) mass is 284 g/mol. The predicted molar refractivity (Wildman–Crippen MR) is 78.5 cm³/mol. The van der Waals surface area contributed by atoms with Gasteiger partial charge in [0.25, 0.3) is 0 Å². The summed E-state index contributed by atoms with van der Waals surface area (Å²) in [7, 11) is 1.88. The first kappa shape index (κ1) is 16.0. The number of hydrogen-bond donors (Lipinski definition) is 2. The number of anilines is 1. The zero-order valence-corrected chi connectivity index (χ0v) is 12.4. The van der Waals surface area contributed by atoms with Gasteiger partial charge < -0.3 is 15.3 Å². The molecule has 1 rings (SSSR count). The van der Waals surface area contributed by atoms with Gasteiger partial charge in [-0.1, -0.05) is 11.6 Å². The highest BCUT2D eigenvalue weighted by Gasteiger charge is 2.15. The molecule has 0 fully saturated rings. The van der Waals surface area contributed by atoms with E-state index in [9.17, 15) is 9.90 Å². The predicted octanol–water partition coefficient (Wildman–Crippen LogP) is 2.37. The highest BCUT2D eigenvalue weighted by molar-refractivity contribution is 6.30. The number of halogens is 1. The summed E-state index contributed by atoms with van der Waals surface area (Å²) in [4.78, 5) is 13.7. The quantitative estimate of drug-likeness (QED) is 0.843. The minimum Gasteiger partial charge on any atom is -0.389 e.